The number of carbonyl (C=O) groups is 1. The maximum atomic E-state index is 13.0. The third kappa shape index (κ3) is 2.74. The monoisotopic (exact) mass is 374 g/mol. The zero-order valence-corrected chi connectivity index (χ0v) is 15.1. The van der Waals surface area contributed by atoms with E-state index >= 15 is 0 Å². The molecule has 0 saturated carbocycles. The van der Waals surface area contributed by atoms with Gasteiger partial charge >= 0.3 is 0 Å². The fraction of sp³-hybridized carbons (Fsp3) is 0.250. The molecule has 4 aromatic rings. The molecule has 8 heteroatoms. The molecule has 1 aliphatic heterocycles. The first-order valence-electron chi connectivity index (χ1n) is 9.27. The number of nitrogens with one attached hydrogen (secondary N) is 1. The van der Waals surface area contributed by atoms with Crippen molar-refractivity contribution in [3.63, 3.8) is 0 Å². The predicted octanol–water partition coefficient (Wildman–Crippen LogP) is 2.03. The summed E-state index contributed by atoms with van der Waals surface area (Å²) in [6.07, 6.45) is 1.73. The number of benzene rings is 2. The van der Waals surface area contributed by atoms with E-state index in [-0.39, 0.29) is 24.1 Å². The topological polar surface area (TPSA) is 96.8 Å². The van der Waals surface area contributed by atoms with Crippen molar-refractivity contribution in [1.29, 1.82) is 0 Å². The van der Waals surface area contributed by atoms with E-state index in [2.05, 4.69) is 20.3 Å². The molecule has 28 heavy (non-hydrogen) atoms. The zero-order valence-electron chi connectivity index (χ0n) is 15.1. The molecular formula is C20H18N6O2. The lowest BCUT2D eigenvalue weighted by Gasteiger charge is -2.23. The molecule has 3 heterocycles. The van der Waals surface area contributed by atoms with Crippen molar-refractivity contribution in [3.05, 3.63) is 64.7 Å². The Labute approximate surface area is 159 Å². The number of nitrogens with zero attached hydrogens (tertiary/aromatic N) is 5. The highest BCUT2D eigenvalue weighted by Gasteiger charge is 2.32. The third-order valence-electron chi connectivity index (χ3n) is 5.21. The minimum atomic E-state index is -0.307. The number of carbonyl (C=O) groups excluding carboxylic acids is 1. The van der Waals surface area contributed by atoms with E-state index in [9.17, 15) is 9.59 Å². The molecule has 8 nitrogen and oxygen atoms in total. The van der Waals surface area contributed by atoms with E-state index in [1.165, 1.54) is 0 Å². The van der Waals surface area contributed by atoms with Gasteiger partial charge in [0.15, 0.2) is 0 Å². The highest BCUT2D eigenvalue weighted by atomic mass is 16.2. The molecule has 0 unspecified atom stereocenters. The van der Waals surface area contributed by atoms with Gasteiger partial charge in [-0.1, -0.05) is 29.5 Å². The number of para-hydroxylation sites is 2. The first kappa shape index (κ1) is 16.6. The molecule has 0 aliphatic carbocycles. The standard InChI is InChI=1S/C20H18N6O2/c27-18(12-26-20(28)13-6-1-2-7-14(13)23-24-26)25-11-5-10-17(25)19-21-15-8-3-4-9-16(15)22-19/h1-4,6-9,17H,5,10-12H2,(H,21,22)/t17-/m0/s1. The Bertz CT molecular complexity index is 1210. The Morgan fingerprint density at radius 3 is 2.75 bits per heavy atom. The van der Waals surface area contributed by atoms with Crippen LogP contribution < -0.4 is 5.56 Å². The molecule has 0 spiro atoms. The van der Waals surface area contributed by atoms with Crippen LogP contribution in [0.1, 0.15) is 24.7 Å². The highest BCUT2D eigenvalue weighted by molar-refractivity contribution is 5.79. The molecule has 1 N–H and O–H groups in total. The molecule has 0 radical (unpaired) electrons. The molecule has 1 saturated heterocycles. The summed E-state index contributed by atoms with van der Waals surface area (Å²) >= 11 is 0. The van der Waals surface area contributed by atoms with Gasteiger partial charge in [0.05, 0.1) is 22.5 Å². The number of fused-ring (bicyclic) bond motifs is 2. The van der Waals surface area contributed by atoms with Gasteiger partial charge in [-0.05, 0) is 37.1 Å². The Hall–Kier alpha value is -3.55. The molecule has 2 aromatic heterocycles. The van der Waals surface area contributed by atoms with Crippen molar-refractivity contribution in [2.24, 2.45) is 0 Å². The summed E-state index contributed by atoms with van der Waals surface area (Å²) < 4.78 is 1.14. The zero-order chi connectivity index (χ0) is 19.1. The fourth-order valence-electron chi connectivity index (χ4n) is 3.83. The van der Waals surface area contributed by atoms with Gasteiger partial charge in [-0.3, -0.25) is 9.59 Å². The minimum Gasteiger partial charge on any atom is -0.340 e. The second kappa shape index (κ2) is 6.56. The summed E-state index contributed by atoms with van der Waals surface area (Å²) in [6.45, 7) is 0.504. The summed E-state index contributed by atoms with van der Waals surface area (Å²) in [4.78, 5) is 35.3. The quantitative estimate of drug-likeness (QED) is 0.592. The lowest BCUT2D eigenvalue weighted by molar-refractivity contribution is -0.133. The molecular weight excluding hydrogens is 356 g/mol. The first-order valence-corrected chi connectivity index (χ1v) is 9.27. The normalized spacial score (nSPS) is 16.9. The summed E-state index contributed by atoms with van der Waals surface area (Å²) in [5.74, 6) is 0.624. The third-order valence-corrected chi connectivity index (χ3v) is 5.21. The van der Waals surface area contributed by atoms with Crippen LogP contribution >= 0.6 is 0 Å². The van der Waals surface area contributed by atoms with E-state index in [0.717, 1.165) is 34.4 Å². The van der Waals surface area contributed by atoms with E-state index in [1.807, 2.05) is 24.3 Å². The number of hydrogen-bond acceptors (Lipinski definition) is 5. The number of likely N-dealkylation sites (tertiary alicyclic amines) is 1. The number of rotatable bonds is 3. The Kier molecular flexibility index (Phi) is 3.89. The molecule has 1 aliphatic rings. The molecule has 0 bridgehead atoms. The number of imidazole rings is 1. The van der Waals surface area contributed by atoms with Crippen molar-refractivity contribution >= 4 is 27.8 Å². The van der Waals surface area contributed by atoms with Gasteiger partial charge in [-0.2, -0.15) is 0 Å². The van der Waals surface area contributed by atoms with Crippen LogP contribution in [-0.2, 0) is 11.3 Å². The van der Waals surface area contributed by atoms with E-state index in [0.29, 0.717) is 17.4 Å². The maximum absolute atomic E-state index is 13.0. The van der Waals surface area contributed by atoms with Gasteiger partial charge in [0.2, 0.25) is 5.91 Å². The average Bonchev–Trinajstić information content (AvgIpc) is 3.37. The van der Waals surface area contributed by atoms with Crippen LogP contribution in [0.15, 0.2) is 53.3 Å². The second-order valence-corrected chi connectivity index (χ2v) is 6.95. The van der Waals surface area contributed by atoms with Gasteiger partial charge in [0.25, 0.3) is 5.56 Å². The fourth-order valence-corrected chi connectivity index (χ4v) is 3.83. The highest BCUT2D eigenvalue weighted by Crippen LogP contribution is 2.31. The van der Waals surface area contributed by atoms with E-state index in [1.54, 1.807) is 29.2 Å². The van der Waals surface area contributed by atoms with Gasteiger partial charge in [0, 0.05) is 6.54 Å². The molecule has 1 fully saturated rings. The predicted molar refractivity (Wildman–Crippen MR) is 104 cm³/mol. The van der Waals surface area contributed by atoms with Crippen molar-refractivity contribution in [3.8, 4) is 0 Å². The average molecular weight is 374 g/mol. The summed E-state index contributed by atoms with van der Waals surface area (Å²) in [5.41, 5.74) is 2.05. The molecule has 1 atom stereocenters. The maximum Gasteiger partial charge on any atom is 0.278 e. The van der Waals surface area contributed by atoms with Crippen LogP contribution in [-0.4, -0.2) is 42.3 Å². The Balaban J connectivity index is 1.43. The van der Waals surface area contributed by atoms with Crippen LogP contribution in [0.3, 0.4) is 0 Å². The van der Waals surface area contributed by atoms with Crippen molar-refractivity contribution < 1.29 is 4.79 Å². The number of amides is 1. The molecule has 5 rings (SSSR count). The van der Waals surface area contributed by atoms with Crippen LogP contribution in [0.5, 0.6) is 0 Å². The number of aromatic nitrogens is 5. The van der Waals surface area contributed by atoms with Gasteiger partial charge in [0.1, 0.15) is 17.9 Å². The largest absolute Gasteiger partial charge is 0.340 e. The second-order valence-electron chi connectivity index (χ2n) is 6.95. The summed E-state index contributed by atoms with van der Waals surface area (Å²) in [7, 11) is 0. The number of hydrogen-bond donors (Lipinski definition) is 1. The van der Waals surface area contributed by atoms with Gasteiger partial charge in [-0.25, -0.2) is 9.67 Å². The van der Waals surface area contributed by atoms with Crippen LogP contribution in [0.4, 0.5) is 0 Å². The van der Waals surface area contributed by atoms with Crippen LogP contribution in [0.25, 0.3) is 21.9 Å². The van der Waals surface area contributed by atoms with Crippen LogP contribution in [0.2, 0.25) is 0 Å². The van der Waals surface area contributed by atoms with Crippen molar-refractivity contribution in [1.82, 2.24) is 29.9 Å². The molecule has 1 amide bonds. The summed E-state index contributed by atoms with van der Waals surface area (Å²) in [5, 5.41) is 8.44. The SMILES string of the molecule is O=C(Cn1nnc2ccccc2c1=O)N1CCC[C@H]1c1nc2ccccc2[nH]1. The Morgan fingerprint density at radius 2 is 1.89 bits per heavy atom. The Morgan fingerprint density at radius 1 is 1.11 bits per heavy atom. The molecule has 140 valence electrons. The lowest BCUT2D eigenvalue weighted by atomic mass is 10.2. The van der Waals surface area contributed by atoms with Gasteiger partial charge in [-0.15, -0.1) is 5.10 Å². The van der Waals surface area contributed by atoms with Crippen LogP contribution in [0, 0.1) is 0 Å². The van der Waals surface area contributed by atoms with Crippen molar-refractivity contribution in [2.45, 2.75) is 25.4 Å². The number of aromatic amines is 1. The van der Waals surface area contributed by atoms with E-state index < -0.39 is 0 Å². The number of H-pyrrole nitrogens is 1. The first-order chi connectivity index (χ1) is 13.7. The van der Waals surface area contributed by atoms with E-state index in [4.69, 9.17) is 0 Å². The lowest BCUT2D eigenvalue weighted by Crippen LogP contribution is -2.37. The van der Waals surface area contributed by atoms with Gasteiger partial charge < -0.3 is 9.88 Å². The summed E-state index contributed by atoms with van der Waals surface area (Å²) in [6, 6.07) is 14.7. The smallest absolute Gasteiger partial charge is 0.278 e. The minimum absolute atomic E-state index is 0.121. The van der Waals surface area contributed by atoms with Crippen molar-refractivity contribution in [2.75, 3.05) is 6.54 Å². The molecule has 2 aromatic carbocycles.